The number of alkyl halides is 3. The van der Waals surface area contributed by atoms with E-state index in [1.807, 2.05) is 0 Å². The number of halogens is 3. The average Bonchev–Trinajstić information content (AvgIpc) is 2.36. The van der Waals surface area contributed by atoms with Gasteiger partial charge in [0.2, 0.25) is 0 Å². The van der Waals surface area contributed by atoms with Gasteiger partial charge in [-0.15, -0.1) is 0 Å². The van der Waals surface area contributed by atoms with E-state index in [2.05, 4.69) is 10.1 Å². The lowest BCUT2D eigenvalue weighted by Crippen LogP contribution is -2.23. The number of nitrogens with one attached hydrogen (secondary N) is 1. The number of ether oxygens (including phenoxy) is 3. The van der Waals surface area contributed by atoms with E-state index in [1.165, 1.54) is 32.4 Å². The molecule has 0 saturated carbocycles. The number of benzene rings is 1. The molecule has 0 saturated heterocycles. The van der Waals surface area contributed by atoms with Gasteiger partial charge in [-0.3, -0.25) is 5.32 Å². The van der Waals surface area contributed by atoms with Gasteiger partial charge < -0.3 is 14.2 Å². The fourth-order valence-electron chi connectivity index (χ4n) is 1.20. The van der Waals surface area contributed by atoms with Gasteiger partial charge in [-0.05, 0) is 12.1 Å². The zero-order valence-electron chi connectivity index (χ0n) is 10.2. The Balaban J connectivity index is 2.68. The third-order valence-electron chi connectivity index (χ3n) is 2.01. The topological polar surface area (TPSA) is 56.8 Å². The first kappa shape index (κ1) is 14.9. The fourth-order valence-corrected chi connectivity index (χ4v) is 1.20. The van der Waals surface area contributed by atoms with E-state index < -0.39 is 18.9 Å². The molecule has 0 aliphatic rings. The van der Waals surface area contributed by atoms with Crippen molar-refractivity contribution in [3.63, 3.8) is 0 Å². The minimum atomic E-state index is -4.57. The Morgan fingerprint density at radius 1 is 1.26 bits per heavy atom. The lowest BCUT2D eigenvalue weighted by Gasteiger charge is -2.12. The molecule has 8 heteroatoms. The largest absolute Gasteiger partial charge is 0.497 e. The molecule has 1 N–H and O–H groups in total. The normalized spacial score (nSPS) is 10.8. The first-order valence-electron chi connectivity index (χ1n) is 5.08. The summed E-state index contributed by atoms with van der Waals surface area (Å²) in [7, 11) is 2.79. The van der Waals surface area contributed by atoms with Crippen LogP contribution in [0.2, 0.25) is 0 Å². The van der Waals surface area contributed by atoms with Gasteiger partial charge >= 0.3 is 12.3 Å². The molecule has 0 radical (unpaired) electrons. The van der Waals surface area contributed by atoms with Gasteiger partial charge in [0.15, 0.2) is 6.61 Å². The highest BCUT2D eigenvalue weighted by molar-refractivity contribution is 5.86. The summed E-state index contributed by atoms with van der Waals surface area (Å²) in [5, 5.41) is 2.14. The van der Waals surface area contributed by atoms with Crippen LogP contribution in [0.1, 0.15) is 0 Å². The zero-order chi connectivity index (χ0) is 14.5. The molecular formula is C11H12F3NO4. The minimum Gasteiger partial charge on any atom is -0.497 e. The summed E-state index contributed by atoms with van der Waals surface area (Å²) in [6.07, 6.45) is -5.79. The molecule has 19 heavy (non-hydrogen) atoms. The van der Waals surface area contributed by atoms with Crippen molar-refractivity contribution in [2.24, 2.45) is 0 Å². The second-order valence-corrected chi connectivity index (χ2v) is 3.38. The SMILES string of the molecule is COc1ccc(NC(=O)OCC(F)(F)F)c(OC)c1. The van der Waals surface area contributed by atoms with Crippen molar-refractivity contribution in [3.05, 3.63) is 18.2 Å². The number of carbonyl (C=O) groups is 1. The standard InChI is InChI=1S/C11H12F3NO4/c1-17-7-3-4-8(9(5-7)18-2)15-10(16)19-6-11(12,13)14/h3-5H,6H2,1-2H3,(H,15,16). The molecule has 5 nitrogen and oxygen atoms in total. The van der Waals surface area contributed by atoms with Crippen LogP contribution in [0.15, 0.2) is 18.2 Å². The van der Waals surface area contributed by atoms with Gasteiger partial charge in [0.1, 0.15) is 11.5 Å². The Morgan fingerprint density at radius 2 is 1.95 bits per heavy atom. The van der Waals surface area contributed by atoms with Crippen molar-refractivity contribution in [2.75, 3.05) is 26.1 Å². The highest BCUT2D eigenvalue weighted by Gasteiger charge is 2.29. The maximum absolute atomic E-state index is 11.9. The van der Waals surface area contributed by atoms with Crippen LogP contribution in [-0.2, 0) is 4.74 Å². The zero-order valence-corrected chi connectivity index (χ0v) is 10.2. The van der Waals surface area contributed by atoms with Crippen molar-refractivity contribution >= 4 is 11.8 Å². The predicted octanol–water partition coefficient (Wildman–Crippen LogP) is 2.81. The van der Waals surface area contributed by atoms with Crippen molar-refractivity contribution in [2.45, 2.75) is 6.18 Å². The van der Waals surface area contributed by atoms with Crippen molar-refractivity contribution in [3.8, 4) is 11.5 Å². The number of hydrogen-bond acceptors (Lipinski definition) is 4. The molecule has 0 aliphatic carbocycles. The summed E-state index contributed by atoms with van der Waals surface area (Å²) in [4.78, 5) is 11.2. The number of carbonyl (C=O) groups excluding carboxylic acids is 1. The molecule has 0 aliphatic heterocycles. The molecule has 0 spiro atoms. The van der Waals surface area contributed by atoms with Gasteiger partial charge in [0.05, 0.1) is 19.9 Å². The van der Waals surface area contributed by atoms with Gasteiger partial charge in [-0.25, -0.2) is 4.79 Å². The summed E-state index contributed by atoms with van der Waals surface area (Å²) in [6, 6.07) is 4.41. The van der Waals surface area contributed by atoms with E-state index in [4.69, 9.17) is 9.47 Å². The Kier molecular flexibility index (Phi) is 4.85. The van der Waals surface area contributed by atoms with E-state index in [0.29, 0.717) is 5.75 Å². The number of hydrogen-bond donors (Lipinski definition) is 1. The van der Waals surface area contributed by atoms with Gasteiger partial charge in [0.25, 0.3) is 0 Å². The monoisotopic (exact) mass is 279 g/mol. The number of amides is 1. The smallest absolute Gasteiger partial charge is 0.422 e. The molecule has 0 bridgehead atoms. The van der Waals surface area contributed by atoms with E-state index in [9.17, 15) is 18.0 Å². The quantitative estimate of drug-likeness (QED) is 0.920. The highest BCUT2D eigenvalue weighted by Crippen LogP contribution is 2.29. The first-order valence-corrected chi connectivity index (χ1v) is 5.08. The molecule has 0 aromatic heterocycles. The molecule has 1 rings (SSSR count). The molecule has 1 aromatic rings. The van der Waals surface area contributed by atoms with E-state index >= 15 is 0 Å². The minimum absolute atomic E-state index is 0.176. The van der Waals surface area contributed by atoms with E-state index in [0.717, 1.165) is 0 Å². The van der Waals surface area contributed by atoms with E-state index in [1.54, 1.807) is 0 Å². The second-order valence-electron chi connectivity index (χ2n) is 3.38. The lowest BCUT2D eigenvalue weighted by atomic mass is 10.3. The van der Waals surface area contributed by atoms with E-state index in [-0.39, 0.29) is 11.4 Å². The third kappa shape index (κ3) is 4.94. The molecule has 0 fully saturated rings. The summed E-state index contributed by atoms with van der Waals surface area (Å²) in [5.74, 6) is 0.717. The van der Waals surface area contributed by atoms with Crippen LogP contribution in [0.3, 0.4) is 0 Å². The molecule has 0 atom stereocenters. The maximum atomic E-state index is 11.9. The first-order chi connectivity index (χ1) is 8.85. The Bertz CT molecular complexity index is 448. The molecular weight excluding hydrogens is 267 g/mol. The maximum Gasteiger partial charge on any atom is 0.422 e. The molecule has 106 valence electrons. The highest BCUT2D eigenvalue weighted by atomic mass is 19.4. The average molecular weight is 279 g/mol. The van der Waals surface area contributed by atoms with Crippen molar-refractivity contribution < 1.29 is 32.2 Å². The predicted molar refractivity (Wildman–Crippen MR) is 60.6 cm³/mol. The Morgan fingerprint density at radius 3 is 2.47 bits per heavy atom. The summed E-state index contributed by atoms with van der Waals surface area (Å²) in [6.45, 7) is -1.66. The van der Waals surface area contributed by atoms with Crippen LogP contribution in [0.5, 0.6) is 11.5 Å². The Labute approximate surface area is 107 Å². The molecule has 0 heterocycles. The van der Waals surface area contributed by atoms with Crippen LogP contribution < -0.4 is 14.8 Å². The van der Waals surface area contributed by atoms with Crippen LogP contribution in [0.25, 0.3) is 0 Å². The summed E-state index contributed by atoms with van der Waals surface area (Å²) < 4.78 is 49.5. The van der Waals surface area contributed by atoms with Crippen molar-refractivity contribution in [1.29, 1.82) is 0 Å². The van der Waals surface area contributed by atoms with Crippen LogP contribution in [-0.4, -0.2) is 33.1 Å². The number of methoxy groups -OCH3 is 2. The van der Waals surface area contributed by atoms with Crippen LogP contribution in [0, 0.1) is 0 Å². The van der Waals surface area contributed by atoms with Gasteiger partial charge in [0, 0.05) is 6.07 Å². The van der Waals surface area contributed by atoms with Crippen LogP contribution in [0.4, 0.5) is 23.7 Å². The Hall–Kier alpha value is -2.12. The molecule has 1 amide bonds. The molecule has 1 aromatic carbocycles. The summed E-state index contributed by atoms with van der Waals surface area (Å²) >= 11 is 0. The summed E-state index contributed by atoms with van der Waals surface area (Å²) in [5.41, 5.74) is 0.176. The fraction of sp³-hybridized carbons (Fsp3) is 0.364. The number of anilines is 1. The lowest BCUT2D eigenvalue weighted by molar-refractivity contribution is -0.159. The number of rotatable bonds is 4. The van der Waals surface area contributed by atoms with Gasteiger partial charge in [-0.1, -0.05) is 0 Å². The molecule has 0 unspecified atom stereocenters. The second kappa shape index (κ2) is 6.17. The van der Waals surface area contributed by atoms with Gasteiger partial charge in [-0.2, -0.15) is 13.2 Å². The van der Waals surface area contributed by atoms with Crippen LogP contribution >= 0.6 is 0 Å². The van der Waals surface area contributed by atoms with Crippen molar-refractivity contribution in [1.82, 2.24) is 0 Å². The third-order valence-corrected chi connectivity index (χ3v) is 2.01.